The van der Waals surface area contributed by atoms with E-state index in [1.807, 2.05) is 0 Å². The molecule has 0 aliphatic rings. The molecule has 0 saturated carbocycles. The average Bonchev–Trinajstić information content (AvgIpc) is 2.34. The van der Waals surface area contributed by atoms with Crippen LogP contribution < -0.4 is 5.32 Å². The highest BCUT2D eigenvalue weighted by Gasteiger charge is 2.26. The third-order valence-electron chi connectivity index (χ3n) is 3.00. The molecule has 0 bridgehead atoms. The van der Waals surface area contributed by atoms with Crippen molar-refractivity contribution in [2.45, 2.75) is 51.2 Å². The lowest BCUT2D eigenvalue weighted by atomic mass is 9.96. The van der Waals surface area contributed by atoms with Crippen molar-refractivity contribution in [2.24, 2.45) is 5.92 Å². The minimum atomic E-state index is 0.448. The Labute approximate surface area is 117 Å². The Morgan fingerprint density at radius 3 is 2.11 bits per heavy atom. The molecule has 2 heteroatoms. The molecule has 102 valence electrons. The van der Waals surface area contributed by atoms with Crippen LogP contribution in [0.15, 0.2) is 30.3 Å². The highest BCUT2D eigenvalue weighted by atomic mass is 32.2. The molecule has 1 rings (SSSR count). The first kappa shape index (κ1) is 15.6. The molecule has 0 spiro atoms. The lowest BCUT2D eigenvalue weighted by molar-refractivity contribution is 0.452. The van der Waals surface area contributed by atoms with E-state index in [1.165, 1.54) is 5.56 Å². The molecule has 0 saturated heterocycles. The smallest absolute Gasteiger partial charge is 0.0443 e. The molecule has 0 aromatic heterocycles. The third kappa shape index (κ3) is 4.66. The molecular formula is C16H27NS. The van der Waals surface area contributed by atoms with Crippen molar-refractivity contribution in [2.75, 3.05) is 6.54 Å². The first-order valence-corrected chi connectivity index (χ1v) is 7.94. The Kier molecular flexibility index (Phi) is 6.80. The van der Waals surface area contributed by atoms with Gasteiger partial charge in [0, 0.05) is 11.3 Å². The number of rotatable bonds is 7. The summed E-state index contributed by atoms with van der Waals surface area (Å²) in [7, 11) is 0. The minimum absolute atomic E-state index is 0.448. The molecule has 1 aromatic rings. The Hall–Kier alpha value is -0.470. The van der Waals surface area contributed by atoms with Crippen LogP contribution in [0.5, 0.6) is 0 Å². The monoisotopic (exact) mass is 265 g/mol. The molecule has 0 amide bonds. The van der Waals surface area contributed by atoms with Crippen LogP contribution in [0.4, 0.5) is 0 Å². The van der Waals surface area contributed by atoms with E-state index in [2.05, 4.69) is 82.0 Å². The maximum Gasteiger partial charge on any atom is 0.0443 e. The Bertz CT molecular complexity index is 321. The lowest BCUT2D eigenvalue weighted by Crippen LogP contribution is -2.34. The van der Waals surface area contributed by atoms with E-state index in [1.54, 1.807) is 0 Å². The van der Waals surface area contributed by atoms with Crippen LogP contribution in [0.2, 0.25) is 0 Å². The summed E-state index contributed by atoms with van der Waals surface area (Å²) in [5.74, 6) is 0.668. The molecule has 2 unspecified atom stereocenters. The van der Waals surface area contributed by atoms with E-state index in [0.717, 1.165) is 6.54 Å². The van der Waals surface area contributed by atoms with Gasteiger partial charge in [-0.1, -0.05) is 65.0 Å². The van der Waals surface area contributed by atoms with Gasteiger partial charge < -0.3 is 5.32 Å². The van der Waals surface area contributed by atoms with Gasteiger partial charge in [0.15, 0.2) is 0 Å². The van der Waals surface area contributed by atoms with Crippen LogP contribution in [-0.4, -0.2) is 17.0 Å². The van der Waals surface area contributed by atoms with Gasteiger partial charge in [-0.25, -0.2) is 0 Å². The van der Waals surface area contributed by atoms with Gasteiger partial charge in [-0.3, -0.25) is 0 Å². The SMILES string of the molecule is CCNC(c1ccccc1)C(SC(C)C)C(C)C. The Morgan fingerprint density at radius 2 is 1.67 bits per heavy atom. The topological polar surface area (TPSA) is 12.0 Å². The maximum absolute atomic E-state index is 3.66. The molecule has 0 aliphatic carbocycles. The second-order valence-electron chi connectivity index (χ2n) is 5.34. The van der Waals surface area contributed by atoms with Crippen LogP contribution in [0.1, 0.15) is 46.2 Å². The first-order chi connectivity index (χ1) is 8.56. The predicted molar refractivity (Wildman–Crippen MR) is 84.2 cm³/mol. The lowest BCUT2D eigenvalue weighted by Gasteiger charge is -2.32. The van der Waals surface area contributed by atoms with Gasteiger partial charge in [0.2, 0.25) is 0 Å². The van der Waals surface area contributed by atoms with Crippen LogP contribution in [0.3, 0.4) is 0 Å². The zero-order chi connectivity index (χ0) is 13.5. The van der Waals surface area contributed by atoms with Gasteiger partial charge in [-0.15, -0.1) is 0 Å². The highest BCUT2D eigenvalue weighted by Crippen LogP contribution is 2.34. The van der Waals surface area contributed by atoms with Crippen molar-refractivity contribution >= 4 is 11.8 Å². The molecule has 0 heterocycles. The predicted octanol–water partition coefficient (Wildman–Crippen LogP) is 4.50. The fourth-order valence-corrected chi connectivity index (χ4v) is 3.59. The summed E-state index contributed by atoms with van der Waals surface area (Å²) in [5.41, 5.74) is 1.41. The fourth-order valence-electron chi connectivity index (χ4n) is 2.24. The van der Waals surface area contributed by atoms with Gasteiger partial charge >= 0.3 is 0 Å². The summed E-state index contributed by atoms with van der Waals surface area (Å²) < 4.78 is 0. The van der Waals surface area contributed by atoms with Crippen molar-refractivity contribution in [3.8, 4) is 0 Å². The normalized spacial score (nSPS) is 15.1. The molecule has 18 heavy (non-hydrogen) atoms. The van der Waals surface area contributed by atoms with Gasteiger partial charge in [-0.05, 0) is 23.3 Å². The zero-order valence-corrected chi connectivity index (χ0v) is 13.1. The summed E-state index contributed by atoms with van der Waals surface area (Å²) in [6.45, 7) is 12.4. The quantitative estimate of drug-likeness (QED) is 0.779. The molecular weight excluding hydrogens is 238 g/mol. The number of nitrogens with one attached hydrogen (secondary N) is 1. The molecule has 0 fully saturated rings. The minimum Gasteiger partial charge on any atom is -0.309 e. The van der Waals surface area contributed by atoms with E-state index >= 15 is 0 Å². The van der Waals surface area contributed by atoms with E-state index in [-0.39, 0.29) is 0 Å². The molecule has 0 aliphatic heterocycles. The largest absolute Gasteiger partial charge is 0.309 e. The van der Waals surface area contributed by atoms with E-state index in [0.29, 0.717) is 22.5 Å². The van der Waals surface area contributed by atoms with Gasteiger partial charge in [0.1, 0.15) is 0 Å². The van der Waals surface area contributed by atoms with Crippen LogP contribution in [0, 0.1) is 5.92 Å². The van der Waals surface area contributed by atoms with Crippen LogP contribution in [-0.2, 0) is 0 Å². The van der Waals surface area contributed by atoms with Crippen LogP contribution in [0.25, 0.3) is 0 Å². The van der Waals surface area contributed by atoms with Crippen molar-refractivity contribution in [1.82, 2.24) is 5.32 Å². The van der Waals surface area contributed by atoms with Gasteiger partial charge in [0.05, 0.1) is 0 Å². The standard InChI is InChI=1S/C16H27NS/c1-6-17-15(14-10-8-7-9-11-14)16(12(2)3)18-13(4)5/h7-13,15-17H,6H2,1-5H3. The van der Waals surface area contributed by atoms with E-state index < -0.39 is 0 Å². The third-order valence-corrected chi connectivity index (χ3v) is 4.67. The Morgan fingerprint density at radius 1 is 1.06 bits per heavy atom. The molecule has 1 N–H and O–H groups in total. The average molecular weight is 265 g/mol. The number of thioether (sulfide) groups is 1. The first-order valence-electron chi connectivity index (χ1n) is 7.00. The summed E-state index contributed by atoms with van der Waals surface area (Å²) in [6.07, 6.45) is 0. The van der Waals surface area contributed by atoms with Crippen molar-refractivity contribution in [3.63, 3.8) is 0 Å². The van der Waals surface area contributed by atoms with Gasteiger partial charge in [0.25, 0.3) is 0 Å². The van der Waals surface area contributed by atoms with Crippen molar-refractivity contribution < 1.29 is 0 Å². The molecule has 1 nitrogen and oxygen atoms in total. The fraction of sp³-hybridized carbons (Fsp3) is 0.625. The summed E-state index contributed by atoms with van der Waals surface area (Å²) in [5, 5.41) is 4.95. The summed E-state index contributed by atoms with van der Waals surface area (Å²) in [4.78, 5) is 0. The molecule has 2 atom stereocenters. The zero-order valence-electron chi connectivity index (χ0n) is 12.3. The van der Waals surface area contributed by atoms with E-state index in [9.17, 15) is 0 Å². The number of hydrogen-bond donors (Lipinski definition) is 1. The Balaban J connectivity index is 2.93. The molecule has 0 radical (unpaired) electrons. The number of hydrogen-bond acceptors (Lipinski definition) is 2. The summed E-state index contributed by atoms with van der Waals surface area (Å²) in [6, 6.07) is 11.3. The van der Waals surface area contributed by atoms with Crippen molar-refractivity contribution in [3.05, 3.63) is 35.9 Å². The van der Waals surface area contributed by atoms with E-state index in [4.69, 9.17) is 0 Å². The second kappa shape index (κ2) is 7.85. The maximum atomic E-state index is 3.66. The van der Waals surface area contributed by atoms with Crippen LogP contribution >= 0.6 is 11.8 Å². The summed E-state index contributed by atoms with van der Waals surface area (Å²) >= 11 is 2.09. The highest BCUT2D eigenvalue weighted by molar-refractivity contribution is 8.00. The second-order valence-corrected chi connectivity index (χ2v) is 7.10. The van der Waals surface area contributed by atoms with Gasteiger partial charge in [-0.2, -0.15) is 11.8 Å². The molecule has 1 aromatic carbocycles. The van der Waals surface area contributed by atoms with Crippen molar-refractivity contribution in [1.29, 1.82) is 0 Å². The number of benzene rings is 1.